The number of nitriles is 1. The van der Waals surface area contributed by atoms with Gasteiger partial charge in [0.15, 0.2) is 25.4 Å². The molecule has 11 heteroatoms. The number of nitrogens with one attached hydrogen (secondary N) is 1. The fourth-order valence-electron chi connectivity index (χ4n) is 4.95. The molecule has 0 spiro atoms. The highest BCUT2D eigenvalue weighted by Crippen LogP contribution is 2.51. The lowest BCUT2D eigenvalue weighted by atomic mass is 9.95. The third-order valence-corrected chi connectivity index (χ3v) is 7.73. The van der Waals surface area contributed by atoms with Gasteiger partial charge >= 0.3 is 0 Å². The predicted octanol–water partition coefficient (Wildman–Crippen LogP) is 4.28. The summed E-state index contributed by atoms with van der Waals surface area (Å²) in [5, 5.41) is 11.6. The highest BCUT2D eigenvalue weighted by atomic mass is 31.2. The predicted molar refractivity (Wildman–Crippen MR) is 129 cm³/mol. The van der Waals surface area contributed by atoms with Crippen molar-refractivity contribution in [3.63, 3.8) is 0 Å². The van der Waals surface area contributed by atoms with Crippen molar-refractivity contribution in [3.8, 4) is 6.07 Å². The normalized spacial score (nSPS) is 26.4. The van der Waals surface area contributed by atoms with Gasteiger partial charge in [0.1, 0.15) is 12.6 Å². The van der Waals surface area contributed by atoms with Gasteiger partial charge in [-0.2, -0.15) is 5.26 Å². The molecule has 1 saturated heterocycles. The van der Waals surface area contributed by atoms with E-state index < -0.39 is 8.38 Å². The van der Waals surface area contributed by atoms with Crippen LogP contribution in [0.4, 0.5) is 5.82 Å². The summed E-state index contributed by atoms with van der Waals surface area (Å²) in [6.45, 7) is 4.53. The minimum absolute atomic E-state index is 0.0453. The summed E-state index contributed by atoms with van der Waals surface area (Å²) >= 11 is 0. The summed E-state index contributed by atoms with van der Waals surface area (Å²) in [6, 6.07) is 11.1. The molecule has 3 heterocycles. The van der Waals surface area contributed by atoms with Crippen molar-refractivity contribution in [2.75, 3.05) is 18.6 Å². The molecule has 1 aromatic carbocycles. The quantitative estimate of drug-likeness (QED) is 0.364. The summed E-state index contributed by atoms with van der Waals surface area (Å²) in [5.41, 5.74) is 1.66. The van der Waals surface area contributed by atoms with Crippen molar-refractivity contribution in [1.82, 2.24) is 19.5 Å². The summed E-state index contributed by atoms with van der Waals surface area (Å²) in [5.74, 6) is 0.905. The van der Waals surface area contributed by atoms with Gasteiger partial charge < -0.3 is 19.1 Å². The molecule has 0 radical (unpaired) electrons. The monoisotopic (exact) mass is 494 g/mol. The number of carbonyl (C=O) groups excluding carboxylic acids is 1. The average Bonchev–Trinajstić information content (AvgIpc) is 3.55. The number of carbonyl (C=O) groups is 1. The Labute approximate surface area is 204 Å². The van der Waals surface area contributed by atoms with Crippen molar-refractivity contribution >= 4 is 31.3 Å². The number of benzene rings is 1. The van der Waals surface area contributed by atoms with Crippen LogP contribution in [-0.2, 0) is 13.8 Å². The van der Waals surface area contributed by atoms with Gasteiger partial charge in [-0.1, -0.05) is 25.1 Å². The first-order chi connectivity index (χ1) is 17.0. The van der Waals surface area contributed by atoms with E-state index in [9.17, 15) is 4.79 Å². The van der Waals surface area contributed by atoms with E-state index in [4.69, 9.17) is 19.0 Å². The number of rotatable bonds is 8. The molecule has 1 aliphatic heterocycles. The lowest BCUT2D eigenvalue weighted by molar-refractivity contribution is -0.0448. The van der Waals surface area contributed by atoms with Crippen molar-refractivity contribution in [1.29, 1.82) is 5.26 Å². The fraction of sp³-hybridized carbons (Fsp3) is 0.458. The second kappa shape index (κ2) is 10.3. The molecular formula is C24H27N6O4P. The molecule has 5 rings (SSSR count). The van der Waals surface area contributed by atoms with Crippen molar-refractivity contribution in [2.24, 2.45) is 11.8 Å². The SMILES string of the molecule is C[C@@H]1C[C@@H](OP(C)OCCC#N)[C@H]2O[C@H](n3cnc4c(NC(=O)c5ccccc5)ncnc43)C[C@H]21. The highest BCUT2D eigenvalue weighted by Gasteiger charge is 2.50. The van der Waals surface area contributed by atoms with E-state index in [0.717, 1.165) is 12.8 Å². The van der Waals surface area contributed by atoms with Crippen LogP contribution in [0.15, 0.2) is 43.0 Å². The summed E-state index contributed by atoms with van der Waals surface area (Å²) in [6.07, 6.45) is 4.88. The van der Waals surface area contributed by atoms with Crippen LogP contribution in [0.3, 0.4) is 0 Å². The minimum atomic E-state index is -1.08. The van der Waals surface area contributed by atoms with Crippen LogP contribution in [0.5, 0.6) is 0 Å². The van der Waals surface area contributed by atoms with Gasteiger partial charge in [0.25, 0.3) is 5.91 Å². The highest BCUT2D eigenvalue weighted by molar-refractivity contribution is 7.46. The van der Waals surface area contributed by atoms with Crippen molar-refractivity contribution < 1.29 is 18.6 Å². The van der Waals surface area contributed by atoms with Gasteiger partial charge in [0, 0.05) is 12.2 Å². The van der Waals surface area contributed by atoms with Gasteiger partial charge in [0.2, 0.25) is 0 Å². The van der Waals surface area contributed by atoms with E-state index in [2.05, 4.69) is 33.3 Å². The van der Waals surface area contributed by atoms with Gasteiger partial charge in [-0.25, -0.2) is 15.0 Å². The number of aromatic nitrogens is 4. The van der Waals surface area contributed by atoms with Crippen molar-refractivity contribution in [2.45, 2.75) is 44.6 Å². The molecule has 182 valence electrons. The third-order valence-electron chi connectivity index (χ3n) is 6.62. The summed E-state index contributed by atoms with van der Waals surface area (Å²) in [4.78, 5) is 25.8. The zero-order valence-electron chi connectivity index (χ0n) is 19.6. The zero-order valence-corrected chi connectivity index (χ0v) is 20.5. The third kappa shape index (κ3) is 4.91. The Morgan fingerprint density at radius 3 is 2.91 bits per heavy atom. The molecule has 1 N–H and O–H groups in total. The smallest absolute Gasteiger partial charge is 0.256 e. The molecule has 1 amide bonds. The number of hydrogen-bond acceptors (Lipinski definition) is 8. The number of imidazole rings is 1. The van der Waals surface area contributed by atoms with Crippen LogP contribution < -0.4 is 5.32 Å². The van der Waals surface area contributed by atoms with Crippen LogP contribution in [0, 0.1) is 23.2 Å². The molecule has 0 bridgehead atoms. The Morgan fingerprint density at radius 2 is 2.11 bits per heavy atom. The first kappa shape index (κ1) is 23.8. The lowest BCUT2D eigenvalue weighted by Gasteiger charge is -2.23. The number of nitrogens with zero attached hydrogens (tertiary/aromatic N) is 5. The Kier molecular flexibility index (Phi) is 7.02. The van der Waals surface area contributed by atoms with E-state index in [1.165, 1.54) is 6.33 Å². The topological polar surface area (TPSA) is 124 Å². The maximum Gasteiger partial charge on any atom is 0.256 e. The second-order valence-corrected chi connectivity index (χ2v) is 10.2. The van der Waals surface area contributed by atoms with Crippen LogP contribution in [0.2, 0.25) is 0 Å². The van der Waals surface area contributed by atoms with E-state index in [1.54, 1.807) is 18.5 Å². The molecule has 1 aliphatic carbocycles. The first-order valence-corrected chi connectivity index (χ1v) is 13.3. The van der Waals surface area contributed by atoms with Crippen LogP contribution in [-0.4, -0.2) is 50.9 Å². The van der Waals surface area contributed by atoms with Gasteiger partial charge in [-0.15, -0.1) is 0 Å². The molecule has 6 atom stereocenters. The van der Waals surface area contributed by atoms with E-state index in [0.29, 0.717) is 47.4 Å². The molecule has 1 saturated carbocycles. The largest absolute Gasteiger partial charge is 0.352 e. The molecule has 3 aromatic rings. The molecule has 2 aliphatic rings. The first-order valence-electron chi connectivity index (χ1n) is 11.6. The Hall–Kier alpha value is -2.96. The summed E-state index contributed by atoms with van der Waals surface area (Å²) < 4.78 is 20.3. The Bertz CT molecular complexity index is 1230. The second-order valence-electron chi connectivity index (χ2n) is 8.86. The number of amides is 1. The standard InChI is InChI=1S/C24H27N6O4P/c1-15-11-18(34-35(2)32-10-6-9-25)21-17(15)12-19(33-21)30-14-28-20-22(26-13-27-23(20)30)29-24(31)16-7-4-3-5-8-16/h3-5,7-8,13-15,17-19,21H,6,10-12H2,1-2H3,(H,26,27,29,31)/t15-,17+,18-,19+,21+,35?/m1/s1. The zero-order chi connectivity index (χ0) is 24.4. The van der Waals surface area contributed by atoms with Crippen molar-refractivity contribution in [3.05, 3.63) is 48.5 Å². The Morgan fingerprint density at radius 1 is 1.29 bits per heavy atom. The maximum atomic E-state index is 12.6. The van der Waals surface area contributed by atoms with Gasteiger partial charge in [-0.3, -0.25) is 9.36 Å². The van der Waals surface area contributed by atoms with Gasteiger partial charge in [-0.05, 0) is 36.8 Å². The Balaban J connectivity index is 1.30. The van der Waals surface area contributed by atoms with E-state index >= 15 is 0 Å². The van der Waals surface area contributed by atoms with E-state index in [-0.39, 0.29) is 24.3 Å². The number of hydrogen-bond donors (Lipinski definition) is 1. The molecular weight excluding hydrogens is 467 g/mol. The molecule has 10 nitrogen and oxygen atoms in total. The van der Waals surface area contributed by atoms with E-state index in [1.807, 2.05) is 29.4 Å². The molecule has 2 aromatic heterocycles. The van der Waals surface area contributed by atoms with Crippen LogP contribution in [0.1, 0.15) is 42.8 Å². The molecule has 2 fully saturated rings. The maximum absolute atomic E-state index is 12.6. The van der Waals surface area contributed by atoms with Crippen LogP contribution in [0.25, 0.3) is 11.2 Å². The fourth-order valence-corrected chi connectivity index (χ4v) is 5.94. The summed E-state index contributed by atoms with van der Waals surface area (Å²) in [7, 11) is -1.08. The van der Waals surface area contributed by atoms with Gasteiger partial charge in [0.05, 0.1) is 37.6 Å². The minimum Gasteiger partial charge on any atom is -0.352 e. The number of ether oxygens (including phenoxy) is 1. The molecule has 35 heavy (non-hydrogen) atoms. The number of anilines is 1. The molecule has 1 unspecified atom stereocenters. The average molecular weight is 494 g/mol. The van der Waals surface area contributed by atoms with Crippen LogP contribution >= 0.6 is 8.38 Å². The number of fused-ring (bicyclic) bond motifs is 2. The lowest BCUT2D eigenvalue weighted by Crippen LogP contribution is -2.26.